The van der Waals surface area contributed by atoms with Crippen molar-refractivity contribution in [1.82, 2.24) is 0 Å². The van der Waals surface area contributed by atoms with Crippen LogP contribution in [0.1, 0.15) is 77.0 Å². The maximum atomic E-state index is 2.65. The molecule has 0 unspecified atom stereocenters. The first kappa shape index (κ1) is 12.0. The van der Waals surface area contributed by atoms with Crippen LogP contribution >= 0.6 is 0 Å². The first-order chi connectivity index (χ1) is 8.32. The number of nitrogens with zero attached hydrogens (tertiary/aromatic N) is 1. The molecule has 1 nitrogen and oxygen atoms in total. The average molecular weight is 236 g/mol. The van der Waals surface area contributed by atoms with Crippen LogP contribution in [0.3, 0.4) is 0 Å². The Bertz CT molecular complexity index is 201. The number of hydrogen-bond acceptors (Lipinski definition) is 0. The van der Waals surface area contributed by atoms with E-state index in [9.17, 15) is 0 Å². The van der Waals surface area contributed by atoms with Gasteiger partial charge < -0.3 is 4.48 Å². The van der Waals surface area contributed by atoms with Gasteiger partial charge in [-0.3, -0.25) is 0 Å². The van der Waals surface area contributed by atoms with E-state index in [2.05, 4.69) is 7.05 Å². The van der Waals surface area contributed by atoms with Gasteiger partial charge in [-0.2, -0.15) is 0 Å². The Labute approximate surface area is 107 Å². The monoisotopic (exact) mass is 236 g/mol. The highest BCUT2D eigenvalue weighted by Gasteiger charge is 2.48. The first-order valence-electron chi connectivity index (χ1n) is 8.17. The molecule has 0 aliphatic heterocycles. The van der Waals surface area contributed by atoms with Gasteiger partial charge in [-0.15, -0.1) is 0 Å². The van der Waals surface area contributed by atoms with Crippen LogP contribution in [-0.4, -0.2) is 29.7 Å². The van der Waals surface area contributed by atoms with Crippen LogP contribution in [0.4, 0.5) is 0 Å². The lowest BCUT2D eigenvalue weighted by molar-refractivity contribution is -0.976. The third kappa shape index (κ3) is 2.05. The van der Waals surface area contributed by atoms with Crippen molar-refractivity contribution >= 4 is 0 Å². The fraction of sp³-hybridized carbons (Fsp3) is 1.00. The van der Waals surface area contributed by atoms with Crippen molar-refractivity contribution in [3.05, 3.63) is 0 Å². The van der Waals surface area contributed by atoms with Gasteiger partial charge in [0.1, 0.15) is 0 Å². The van der Waals surface area contributed by atoms with E-state index < -0.39 is 0 Å². The Morgan fingerprint density at radius 1 is 0.529 bits per heavy atom. The summed E-state index contributed by atoms with van der Waals surface area (Å²) in [5, 5.41) is 0. The smallest absolute Gasteiger partial charge is 0.0892 e. The summed E-state index contributed by atoms with van der Waals surface area (Å²) in [6.07, 6.45) is 18.3. The van der Waals surface area contributed by atoms with Gasteiger partial charge in [0, 0.05) is 0 Å². The lowest BCUT2D eigenvalue weighted by atomic mass is 9.98. The van der Waals surface area contributed by atoms with Crippen molar-refractivity contribution in [2.75, 3.05) is 7.05 Å². The summed E-state index contributed by atoms with van der Waals surface area (Å²) in [5.74, 6) is 0. The topological polar surface area (TPSA) is 0 Å². The molecule has 17 heavy (non-hydrogen) atoms. The summed E-state index contributed by atoms with van der Waals surface area (Å²) >= 11 is 0. The van der Waals surface area contributed by atoms with E-state index in [0.717, 1.165) is 18.1 Å². The van der Waals surface area contributed by atoms with E-state index in [1.165, 1.54) is 81.5 Å². The lowest BCUT2D eigenvalue weighted by Crippen LogP contribution is -2.62. The normalized spacial score (nSPS) is 29.5. The molecule has 3 fully saturated rings. The first-order valence-corrected chi connectivity index (χ1v) is 8.17. The van der Waals surface area contributed by atoms with E-state index in [4.69, 9.17) is 0 Å². The maximum Gasteiger partial charge on any atom is 0.0892 e. The van der Waals surface area contributed by atoms with Gasteiger partial charge in [-0.1, -0.05) is 0 Å². The molecule has 3 saturated carbocycles. The van der Waals surface area contributed by atoms with E-state index in [1.54, 1.807) is 0 Å². The highest BCUT2D eigenvalue weighted by molar-refractivity contribution is 4.81. The summed E-state index contributed by atoms with van der Waals surface area (Å²) in [4.78, 5) is 0. The molecule has 0 aromatic heterocycles. The standard InChI is InChI=1S/C16H30N/c1-17(14-8-2-3-9-14,15-10-4-5-11-15)16-12-6-7-13-16/h14-16H,2-13H2,1H3/q+1. The molecule has 3 rings (SSSR count). The Morgan fingerprint density at radius 2 is 0.765 bits per heavy atom. The number of hydrogen-bond donors (Lipinski definition) is 0. The molecular weight excluding hydrogens is 206 g/mol. The third-order valence-electron chi connectivity index (χ3n) is 6.33. The van der Waals surface area contributed by atoms with Crippen molar-refractivity contribution in [1.29, 1.82) is 0 Å². The zero-order valence-corrected chi connectivity index (χ0v) is 11.7. The van der Waals surface area contributed by atoms with Crippen LogP contribution < -0.4 is 0 Å². The van der Waals surface area contributed by atoms with Crippen LogP contribution in [0, 0.1) is 0 Å². The van der Waals surface area contributed by atoms with Gasteiger partial charge in [-0.25, -0.2) is 0 Å². The van der Waals surface area contributed by atoms with Gasteiger partial charge in [0.2, 0.25) is 0 Å². The molecule has 0 saturated heterocycles. The summed E-state index contributed by atoms with van der Waals surface area (Å²) in [5.41, 5.74) is 0. The molecule has 0 aromatic carbocycles. The fourth-order valence-corrected chi connectivity index (χ4v) is 5.28. The van der Waals surface area contributed by atoms with Crippen molar-refractivity contribution in [3.8, 4) is 0 Å². The summed E-state index contributed by atoms with van der Waals surface area (Å²) in [6, 6.07) is 3.09. The van der Waals surface area contributed by atoms with Crippen molar-refractivity contribution in [2.45, 2.75) is 95.2 Å². The predicted octanol–water partition coefficient (Wildman–Crippen LogP) is 4.26. The molecule has 0 atom stereocenters. The zero-order chi connectivity index (χ0) is 11.7. The molecule has 3 aliphatic carbocycles. The molecule has 0 N–H and O–H groups in total. The van der Waals surface area contributed by atoms with Crippen LogP contribution in [0.2, 0.25) is 0 Å². The van der Waals surface area contributed by atoms with Crippen molar-refractivity contribution < 1.29 is 4.48 Å². The molecule has 0 bridgehead atoms. The van der Waals surface area contributed by atoms with Crippen LogP contribution in [0.15, 0.2) is 0 Å². The van der Waals surface area contributed by atoms with Gasteiger partial charge >= 0.3 is 0 Å². The van der Waals surface area contributed by atoms with Gasteiger partial charge in [-0.05, 0) is 77.0 Å². The SMILES string of the molecule is C[N+](C1CCCC1)(C1CCCC1)C1CCCC1. The van der Waals surface area contributed by atoms with Crippen LogP contribution in [0.25, 0.3) is 0 Å². The molecule has 0 aromatic rings. The molecule has 0 radical (unpaired) electrons. The molecule has 0 heterocycles. The Morgan fingerprint density at radius 3 is 1.00 bits per heavy atom. The van der Waals surface area contributed by atoms with Crippen LogP contribution in [0.5, 0.6) is 0 Å². The molecule has 1 heteroatoms. The summed E-state index contributed by atoms with van der Waals surface area (Å²) in [7, 11) is 2.65. The summed E-state index contributed by atoms with van der Waals surface area (Å²) < 4.78 is 1.50. The average Bonchev–Trinajstić information content (AvgIpc) is 3.10. The minimum atomic E-state index is 1.03. The Kier molecular flexibility index (Phi) is 3.47. The highest BCUT2D eigenvalue weighted by Crippen LogP contribution is 2.42. The van der Waals surface area contributed by atoms with E-state index in [1.807, 2.05) is 0 Å². The van der Waals surface area contributed by atoms with Crippen LogP contribution in [-0.2, 0) is 0 Å². The molecule has 98 valence electrons. The van der Waals surface area contributed by atoms with Gasteiger partial charge in [0.15, 0.2) is 0 Å². The lowest BCUT2D eigenvalue weighted by Gasteiger charge is -2.49. The van der Waals surface area contributed by atoms with E-state index in [-0.39, 0.29) is 0 Å². The molecule has 0 amide bonds. The Balaban J connectivity index is 1.81. The van der Waals surface area contributed by atoms with Gasteiger partial charge in [0.05, 0.1) is 25.2 Å². The highest BCUT2D eigenvalue weighted by atomic mass is 15.4. The second-order valence-corrected chi connectivity index (χ2v) is 7.04. The van der Waals surface area contributed by atoms with E-state index in [0.29, 0.717) is 0 Å². The zero-order valence-electron chi connectivity index (χ0n) is 11.7. The number of quaternary nitrogens is 1. The predicted molar refractivity (Wildman–Crippen MR) is 73.0 cm³/mol. The maximum absolute atomic E-state index is 2.65. The van der Waals surface area contributed by atoms with E-state index >= 15 is 0 Å². The Hall–Kier alpha value is -0.0400. The quantitative estimate of drug-likeness (QED) is 0.642. The number of rotatable bonds is 3. The second-order valence-electron chi connectivity index (χ2n) is 7.04. The fourth-order valence-electron chi connectivity index (χ4n) is 5.28. The van der Waals surface area contributed by atoms with Gasteiger partial charge in [0.25, 0.3) is 0 Å². The summed E-state index contributed by atoms with van der Waals surface area (Å²) in [6.45, 7) is 0. The minimum Gasteiger partial charge on any atom is -0.319 e. The van der Waals surface area contributed by atoms with Crippen molar-refractivity contribution in [2.24, 2.45) is 0 Å². The molecular formula is C16H30N+. The molecule has 3 aliphatic rings. The minimum absolute atomic E-state index is 1.03. The molecule has 0 spiro atoms. The van der Waals surface area contributed by atoms with Crippen molar-refractivity contribution in [3.63, 3.8) is 0 Å². The largest absolute Gasteiger partial charge is 0.319 e. The second kappa shape index (κ2) is 4.91. The third-order valence-corrected chi connectivity index (χ3v) is 6.33.